The predicted molar refractivity (Wildman–Crippen MR) is 156 cm³/mol. The van der Waals surface area contributed by atoms with Crippen LogP contribution in [0.25, 0.3) is 11.2 Å². The van der Waals surface area contributed by atoms with Crippen molar-refractivity contribution in [1.82, 2.24) is 19.5 Å². The molecule has 1 aliphatic heterocycles. The first-order valence-corrected chi connectivity index (χ1v) is 15.2. The Hall–Kier alpha value is -2.75. The molecule has 3 aliphatic rings. The Bertz CT molecular complexity index is 1270. The summed E-state index contributed by atoms with van der Waals surface area (Å²) in [5.41, 5.74) is 2.66. The van der Waals surface area contributed by atoms with E-state index in [9.17, 15) is 10.2 Å². The fourth-order valence-electron chi connectivity index (χ4n) is 6.60. The largest absolute Gasteiger partial charge is 0.393 e. The van der Waals surface area contributed by atoms with E-state index in [1.807, 2.05) is 6.07 Å². The second-order valence-electron chi connectivity index (χ2n) is 12.3. The van der Waals surface area contributed by atoms with Crippen molar-refractivity contribution in [2.45, 2.75) is 83.5 Å². The van der Waals surface area contributed by atoms with E-state index >= 15 is 0 Å². The highest BCUT2D eigenvalue weighted by atomic mass is 16.5. The van der Waals surface area contributed by atoms with Gasteiger partial charge in [0.1, 0.15) is 11.6 Å². The lowest BCUT2D eigenvalue weighted by molar-refractivity contribution is 0.0889. The van der Waals surface area contributed by atoms with Crippen LogP contribution in [0.4, 0.5) is 11.8 Å². The number of aliphatic hydroxyl groups excluding tert-OH is 2. The zero-order valence-electron chi connectivity index (χ0n) is 23.9. The number of aliphatic hydroxyl groups is 2. The molecule has 1 aromatic carbocycles. The smallest absolute Gasteiger partial charge is 0.208 e. The summed E-state index contributed by atoms with van der Waals surface area (Å²) in [5, 5.41) is 24.0. The quantitative estimate of drug-likeness (QED) is 0.348. The lowest BCUT2D eigenvalue weighted by Crippen LogP contribution is -2.41. The van der Waals surface area contributed by atoms with Crippen LogP contribution in [0.15, 0.2) is 30.3 Å². The van der Waals surface area contributed by atoms with Crippen LogP contribution in [0.2, 0.25) is 0 Å². The number of rotatable bonds is 9. The Morgan fingerprint density at radius 3 is 2.52 bits per heavy atom. The number of hydrogen-bond acceptors (Lipinski definition) is 8. The van der Waals surface area contributed by atoms with Crippen molar-refractivity contribution in [2.24, 2.45) is 17.8 Å². The molecule has 9 nitrogen and oxygen atoms in total. The van der Waals surface area contributed by atoms with E-state index in [4.69, 9.17) is 19.7 Å². The van der Waals surface area contributed by atoms with Crippen molar-refractivity contribution < 1.29 is 14.9 Å². The van der Waals surface area contributed by atoms with Gasteiger partial charge in [-0.2, -0.15) is 4.98 Å². The topological polar surface area (TPSA) is 109 Å². The van der Waals surface area contributed by atoms with Gasteiger partial charge in [0.25, 0.3) is 0 Å². The summed E-state index contributed by atoms with van der Waals surface area (Å²) in [6.45, 7) is 6.96. The van der Waals surface area contributed by atoms with Crippen molar-refractivity contribution >= 4 is 22.9 Å². The molecular formula is C31H44N6O3. The molecule has 0 amide bonds. The summed E-state index contributed by atoms with van der Waals surface area (Å²) in [6, 6.07) is 10.8. The molecule has 1 saturated heterocycles. The average molecular weight is 549 g/mol. The van der Waals surface area contributed by atoms with Crippen molar-refractivity contribution in [3.63, 3.8) is 0 Å². The highest BCUT2D eigenvalue weighted by Gasteiger charge is 2.33. The number of nitrogens with zero attached hydrogens (tertiary/aromatic N) is 5. The number of benzene rings is 1. The third-order valence-corrected chi connectivity index (χ3v) is 9.44. The maximum absolute atomic E-state index is 10.6. The molecule has 3 fully saturated rings. The second-order valence-corrected chi connectivity index (χ2v) is 12.3. The lowest BCUT2D eigenvalue weighted by atomic mass is 9.80. The third-order valence-electron chi connectivity index (χ3n) is 9.44. The Balaban J connectivity index is 1.48. The molecule has 3 aromatic rings. The average Bonchev–Trinajstić information content (AvgIpc) is 3.31. The Morgan fingerprint density at radius 1 is 1.05 bits per heavy atom. The van der Waals surface area contributed by atoms with Gasteiger partial charge in [-0.25, -0.2) is 9.97 Å². The summed E-state index contributed by atoms with van der Waals surface area (Å²) >= 11 is 0. The number of hydrogen-bond donors (Lipinski definition) is 3. The molecule has 2 aliphatic carbocycles. The first-order valence-electron chi connectivity index (χ1n) is 15.2. The highest BCUT2D eigenvalue weighted by Crippen LogP contribution is 2.38. The van der Waals surface area contributed by atoms with Gasteiger partial charge >= 0.3 is 0 Å². The number of imidazole rings is 1. The zero-order valence-corrected chi connectivity index (χ0v) is 23.9. The van der Waals surface area contributed by atoms with Gasteiger partial charge in [-0.3, -0.25) is 0 Å². The zero-order chi connectivity index (χ0) is 27.6. The molecule has 3 heterocycles. The van der Waals surface area contributed by atoms with Crippen LogP contribution in [-0.2, 0) is 11.3 Å². The van der Waals surface area contributed by atoms with E-state index in [0.717, 1.165) is 30.5 Å². The van der Waals surface area contributed by atoms with E-state index in [1.54, 1.807) is 0 Å². The maximum Gasteiger partial charge on any atom is 0.208 e. The molecule has 0 spiro atoms. The third kappa shape index (κ3) is 5.56. The monoisotopic (exact) mass is 548 g/mol. The van der Waals surface area contributed by atoms with Gasteiger partial charge in [-0.1, -0.05) is 56.5 Å². The molecular weight excluding hydrogens is 504 g/mol. The molecule has 6 rings (SSSR count). The van der Waals surface area contributed by atoms with Crippen LogP contribution < -0.4 is 10.2 Å². The minimum absolute atomic E-state index is 0.0395. The number of aromatic nitrogens is 4. The fraction of sp³-hybridized carbons (Fsp3) is 0.645. The summed E-state index contributed by atoms with van der Waals surface area (Å²) in [4.78, 5) is 17.1. The lowest BCUT2D eigenvalue weighted by Gasteiger charge is -2.37. The van der Waals surface area contributed by atoms with E-state index in [-0.39, 0.29) is 17.9 Å². The van der Waals surface area contributed by atoms with Gasteiger partial charge < -0.3 is 29.7 Å². The van der Waals surface area contributed by atoms with Gasteiger partial charge in [0.05, 0.1) is 25.9 Å². The summed E-state index contributed by atoms with van der Waals surface area (Å²) in [5.74, 6) is 3.75. The van der Waals surface area contributed by atoms with E-state index < -0.39 is 12.7 Å². The number of nitrogens with one attached hydrogen (secondary N) is 1. The Morgan fingerprint density at radius 2 is 1.82 bits per heavy atom. The van der Waals surface area contributed by atoms with Gasteiger partial charge in [0, 0.05) is 19.1 Å². The van der Waals surface area contributed by atoms with Crippen LogP contribution in [0, 0.1) is 17.8 Å². The van der Waals surface area contributed by atoms with Gasteiger partial charge in [-0.15, -0.1) is 0 Å². The van der Waals surface area contributed by atoms with E-state index in [1.165, 1.54) is 50.5 Å². The molecule has 3 unspecified atom stereocenters. The highest BCUT2D eigenvalue weighted by molar-refractivity contribution is 5.86. The Kier molecular flexibility index (Phi) is 8.23. The van der Waals surface area contributed by atoms with Crippen LogP contribution >= 0.6 is 0 Å². The molecule has 3 N–H and O–H groups in total. The first-order chi connectivity index (χ1) is 19.5. The molecule has 3 atom stereocenters. The molecule has 0 bridgehead atoms. The molecule has 2 saturated carbocycles. The van der Waals surface area contributed by atoms with E-state index in [2.05, 4.69) is 52.9 Å². The van der Waals surface area contributed by atoms with Crippen molar-refractivity contribution in [3.8, 4) is 0 Å². The number of fused-ring (bicyclic) bond motifs is 1. The number of morpholine rings is 1. The first kappa shape index (κ1) is 27.4. The second kappa shape index (κ2) is 12.0. The van der Waals surface area contributed by atoms with Crippen LogP contribution in [0.3, 0.4) is 0 Å². The Labute approximate surface area is 237 Å². The van der Waals surface area contributed by atoms with Crippen LogP contribution in [-0.4, -0.2) is 62.1 Å². The van der Waals surface area contributed by atoms with Gasteiger partial charge in [0.15, 0.2) is 17.3 Å². The minimum Gasteiger partial charge on any atom is -0.393 e. The number of ether oxygens (including phenoxy) is 1. The molecule has 216 valence electrons. The predicted octanol–water partition coefficient (Wildman–Crippen LogP) is 4.86. The summed E-state index contributed by atoms with van der Waals surface area (Å²) in [6.07, 6.45) is 7.46. The molecule has 2 aromatic heterocycles. The van der Waals surface area contributed by atoms with Gasteiger partial charge in [0.2, 0.25) is 5.95 Å². The normalized spacial score (nSPS) is 25.5. The number of anilines is 2. The summed E-state index contributed by atoms with van der Waals surface area (Å²) in [7, 11) is 0. The minimum atomic E-state index is -1.15. The van der Waals surface area contributed by atoms with Crippen molar-refractivity contribution in [1.29, 1.82) is 0 Å². The molecule has 40 heavy (non-hydrogen) atoms. The maximum atomic E-state index is 10.6. The van der Waals surface area contributed by atoms with Crippen molar-refractivity contribution in [2.75, 3.05) is 36.6 Å². The van der Waals surface area contributed by atoms with E-state index in [0.29, 0.717) is 36.5 Å². The molecule has 9 heteroatoms. The SMILES string of the molecule is CC1CCC(Cn2c(N3CCOCC3c3ccccc3)nc3nc(C(O)CO)nc(NC(C)C4CCC4)c32)CC1. The summed E-state index contributed by atoms with van der Waals surface area (Å²) < 4.78 is 8.32. The van der Waals surface area contributed by atoms with Crippen LogP contribution in [0.1, 0.15) is 82.3 Å². The van der Waals surface area contributed by atoms with Gasteiger partial charge in [-0.05, 0) is 55.9 Å². The molecule has 0 radical (unpaired) electrons. The standard InChI is InChI=1S/C31H44N6O3/c1-20-11-13-22(14-12-20)17-37-27-29(32-21(2)23-9-6-10-23)33-28(26(39)18-38)34-30(27)35-31(37)36-15-16-40-19-25(36)24-7-4-3-5-8-24/h3-5,7-8,20-23,25-26,38-39H,6,9-19H2,1-2H3,(H,32,33,34). The van der Waals surface area contributed by atoms with Crippen LogP contribution in [0.5, 0.6) is 0 Å². The fourth-order valence-corrected chi connectivity index (χ4v) is 6.60. The van der Waals surface area contributed by atoms with Crippen molar-refractivity contribution in [3.05, 3.63) is 41.7 Å².